The molecule has 0 heterocycles. The van der Waals surface area contributed by atoms with E-state index in [4.69, 9.17) is 0 Å². The fraction of sp³-hybridized carbons (Fsp3) is 0.385. The zero-order valence-electron chi connectivity index (χ0n) is 9.74. The van der Waals surface area contributed by atoms with Gasteiger partial charge in [-0.25, -0.2) is 0 Å². The molecule has 0 fully saturated rings. The fourth-order valence-corrected chi connectivity index (χ4v) is 2.01. The lowest BCUT2D eigenvalue weighted by Gasteiger charge is -2.07. The van der Waals surface area contributed by atoms with Crippen LogP contribution in [0.25, 0.3) is 5.57 Å². The Morgan fingerprint density at radius 2 is 2.06 bits per heavy atom. The standard InChI is InChI=1S/C13H19NOS/c1-3-16(15)10-9-14-11-12(2)13-7-5-4-6-8-13/h4-8,14H,2-3,9-11H2,1H3. The smallest absolute Gasteiger partial charge is 0.0360 e. The third-order valence-corrected chi connectivity index (χ3v) is 3.65. The molecule has 0 aliphatic heterocycles. The third-order valence-electron chi connectivity index (χ3n) is 2.35. The van der Waals surface area contributed by atoms with Gasteiger partial charge >= 0.3 is 0 Å². The van der Waals surface area contributed by atoms with Crippen molar-refractivity contribution in [1.82, 2.24) is 5.32 Å². The minimum atomic E-state index is -0.678. The maximum Gasteiger partial charge on any atom is 0.0360 e. The van der Waals surface area contributed by atoms with Crippen LogP contribution in [0.5, 0.6) is 0 Å². The van der Waals surface area contributed by atoms with Crippen LogP contribution in [-0.4, -0.2) is 28.8 Å². The summed E-state index contributed by atoms with van der Waals surface area (Å²) < 4.78 is 11.2. The summed E-state index contributed by atoms with van der Waals surface area (Å²) in [6, 6.07) is 10.1. The molecule has 2 nitrogen and oxygen atoms in total. The molecule has 0 aromatic heterocycles. The van der Waals surface area contributed by atoms with E-state index < -0.39 is 10.8 Å². The van der Waals surface area contributed by atoms with Gasteiger partial charge in [-0.05, 0) is 11.1 Å². The highest BCUT2D eigenvalue weighted by molar-refractivity contribution is 7.84. The van der Waals surface area contributed by atoms with Gasteiger partial charge in [0, 0.05) is 35.4 Å². The van der Waals surface area contributed by atoms with Crippen molar-refractivity contribution < 1.29 is 4.21 Å². The molecular weight excluding hydrogens is 218 g/mol. The average molecular weight is 237 g/mol. The Bertz CT molecular complexity index is 348. The summed E-state index contributed by atoms with van der Waals surface area (Å²) >= 11 is 0. The molecule has 3 heteroatoms. The zero-order chi connectivity index (χ0) is 11.8. The van der Waals surface area contributed by atoms with Crippen LogP contribution < -0.4 is 5.32 Å². The van der Waals surface area contributed by atoms with Gasteiger partial charge in [-0.15, -0.1) is 0 Å². The van der Waals surface area contributed by atoms with E-state index in [9.17, 15) is 4.21 Å². The summed E-state index contributed by atoms with van der Waals surface area (Å²) in [4.78, 5) is 0. The second-order valence-electron chi connectivity index (χ2n) is 3.58. The number of rotatable bonds is 7. The largest absolute Gasteiger partial charge is 0.312 e. The predicted molar refractivity (Wildman–Crippen MR) is 71.9 cm³/mol. The van der Waals surface area contributed by atoms with Crippen molar-refractivity contribution in [3.05, 3.63) is 42.5 Å². The minimum Gasteiger partial charge on any atom is -0.312 e. The molecule has 0 amide bonds. The molecule has 1 rings (SSSR count). The average Bonchev–Trinajstić information content (AvgIpc) is 2.35. The summed E-state index contributed by atoms with van der Waals surface area (Å²) in [5.41, 5.74) is 2.23. The topological polar surface area (TPSA) is 29.1 Å². The van der Waals surface area contributed by atoms with Gasteiger partial charge in [0.2, 0.25) is 0 Å². The molecule has 0 saturated carbocycles. The van der Waals surface area contributed by atoms with E-state index in [2.05, 4.69) is 11.9 Å². The number of benzene rings is 1. The fourth-order valence-electron chi connectivity index (χ4n) is 1.35. The van der Waals surface area contributed by atoms with Crippen LogP contribution in [0.15, 0.2) is 36.9 Å². The van der Waals surface area contributed by atoms with Crippen LogP contribution in [0.3, 0.4) is 0 Å². The van der Waals surface area contributed by atoms with Gasteiger partial charge in [-0.3, -0.25) is 4.21 Å². The maximum absolute atomic E-state index is 11.2. The quantitative estimate of drug-likeness (QED) is 0.735. The summed E-state index contributed by atoms with van der Waals surface area (Å²) in [6.45, 7) is 7.51. The molecule has 0 spiro atoms. The second-order valence-corrected chi connectivity index (χ2v) is 5.44. The van der Waals surface area contributed by atoms with Gasteiger partial charge in [-0.2, -0.15) is 0 Å². The van der Waals surface area contributed by atoms with E-state index in [1.165, 1.54) is 0 Å². The van der Waals surface area contributed by atoms with Gasteiger partial charge in [0.15, 0.2) is 0 Å². The van der Waals surface area contributed by atoms with E-state index in [-0.39, 0.29) is 0 Å². The first kappa shape index (κ1) is 13.1. The molecule has 0 aliphatic rings. The molecule has 88 valence electrons. The molecule has 0 bridgehead atoms. The first-order valence-corrected chi connectivity index (χ1v) is 7.01. The summed E-state index contributed by atoms with van der Waals surface area (Å²) in [5, 5.41) is 3.26. The van der Waals surface area contributed by atoms with Crippen LogP contribution in [0, 0.1) is 0 Å². The molecule has 1 aromatic carbocycles. The van der Waals surface area contributed by atoms with E-state index in [1.54, 1.807) is 0 Å². The predicted octanol–water partition coefficient (Wildman–Crippen LogP) is 2.06. The van der Waals surface area contributed by atoms with E-state index in [0.717, 1.165) is 35.7 Å². The second kappa shape index (κ2) is 7.36. The zero-order valence-corrected chi connectivity index (χ0v) is 10.6. The van der Waals surface area contributed by atoms with Crippen LogP contribution in [0.2, 0.25) is 0 Å². The highest BCUT2D eigenvalue weighted by Crippen LogP contribution is 2.09. The molecule has 16 heavy (non-hydrogen) atoms. The van der Waals surface area contributed by atoms with Crippen molar-refractivity contribution >= 4 is 16.4 Å². The number of hydrogen-bond acceptors (Lipinski definition) is 2. The number of nitrogens with one attached hydrogen (secondary N) is 1. The summed E-state index contributed by atoms with van der Waals surface area (Å²) in [7, 11) is -0.678. The Balaban J connectivity index is 2.24. The highest BCUT2D eigenvalue weighted by atomic mass is 32.2. The highest BCUT2D eigenvalue weighted by Gasteiger charge is 1.98. The molecule has 1 aromatic rings. The summed E-state index contributed by atoms with van der Waals surface area (Å²) in [5.74, 6) is 1.46. The Kier molecular flexibility index (Phi) is 6.04. The van der Waals surface area contributed by atoms with Crippen molar-refractivity contribution in [3.8, 4) is 0 Å². The van der Waals surface area contributed by atoms with E-state index in [0.29, 0.717) is 0 Å². The molecule has 0 saturated heterocycles. The van der Waals surface area contributed by atoms with Gasteiger partial charge in [0.05, 0.1) is 0 Å². The van der Waals surface area contributed by atoms with Crippen molar-refractivity contribution in [2.45, 2.75) is 6.92 Å². The maximum atomic E-state index is 11.2. The Morgan fingerprint density at radius 1 is 1.38 bits per heavy atom. The third kappa shape index (κ3) is 4.73. The molecule has 1 unspecified atom stereocenters. The molecule has 1 N–H and O–H groups in total. The van der Waals surface area contributed by atoms with Gasteiger partial charge in [0.25, 0.3) is 0 Å². The molecule has 1 atom stereocenters. The van der Waals surface area contributed by atoms with Crippen LogP contribution in [0.4, 0.5) is 0 Å². The van der Waals surface area contributed by atoms with Crippen LogP contribution in [0.1, 0.15) is 12.5 Å². The normalized spacial score (nSPS) is 12.3. The minimum absolute atomic E-state index is 0.678. The van der Waals surface area contributed by atoms with Crippen molar-refractivity contribution in [2.24, 2.45) is 0 Å². The Morgan fingerprint density at radius 3 is 2.69 bits per heavy atom. The van der Waals surface area contributed by atoms with Gasteiger partial charge in [0.1, 0.15) is 0 Å². The first-order valence-electron chi connectivity index (χ1n) is 5.53. The van der Waals surface area contributed by atoms with Crippen LogP contribution >= 0.6 is 0 Å². The Hall–Kier alpha value is -0.930. The SMILES string of the molecule is C=C(CNCCS(=O)CC)c1ccccc1. The van der Waals surface area contributed by atoms with Crippen molar-refractivity contribution in [1.29, 1.82) is 0 Å². The lowest BCUT2D eigenvalue weighted by atomic mass is 10.1. The van der Waals surface area contributed by atoms with Crippen molar-refractivity contribution in [2.75, 3.05) is 24.6 Å². The number of hydrogen-bond donors (Lipinski definition) is 1. The Labute approximate surface area is 100 Å². The van der Waals surface area contributed by atoms with Crippen LogP contribution in [-0.2, 0) is 10.8 Å². The first-order chi connectivity index (χ1) is 7.74. The van der Waals surface area contributed by atoms with Crippen molar-refractivity contribution in [3.63, 3.8) is 0 Å². The molecule has 0 radical (unpaired) electrons. The van der Waals surface area contributed by atoms with Gasteiger partial charge in [-0.1, -0.05) is 43.8 Å². The lowest BCUT2D eigenvalue weighted by Crippen LogP contribution is -2.22. The monoisotopic (exact) mass is 237 g/mol. The lowest BCUT2D eigenvalue weighted by molar-refractivity contribution is 0.679. The summed E-state index contributed by atoms with van der Waals surface area (Å²) in [6.07, 6.45) is 0. The van der Waals surface area contributed by atoms with E-state index in [1.807, 2.05) is 37.3 Å². The van der Waals surface area contributed by atoms with E-state index >= 15 is 0 Å². The molecular formula is C13H19NOS. The van der Waals surface area contributed by atoms with Gasteiger partial charge < -0.3 is 5.32 Å². The molecule has 0 aliphatic carbocycles.